The molecule has 0 atom stereocenters. The van der Waals surface area contributed by atoms with Crippen LogP contribution in [-0.2, 0) is 16.1 Å². The summed E-state index contributed by atoms with van der Waals surface area (Å²) in [5, 5.41) is 5.08. The van der Waals surface area contributed by atoms with E-state index in [1.165, 1.54) is 0 Å². The van der Waals surface area contributed by atoms with Gasteiger partial charge in [-0.25, -0.2) is 4.79 Å². The number of likely N-dealkylation sites (N-methyl/N-ethyl adjacent to an activating group) is 1. The van der Waals surface area contributed by atoms with Crippen LogP contribution in [0.3, 0.4) is 0 Å². The van der Waals surface area contributed by atoms with Crippen LogP contribution in [0.1, 0.15) is 35.0 Å². The molecule has 1 aromatic heterocycles. The van der Waals surface area contributed by atoms with E-state index in [1.807, 2.05) is 24.4 Å². The van der Waals surface area contributed by atoms with Crippen LogP contribution >= 0.6 is 11.3 Å². The van der Waals surface area contributed by atoms with Crippen LogP contribution in [0.5, 0.6) is 0 Å². The van der Waals surface area contributed by atoms with Gasteiger partial charge < -0.3 is 15.0 Å². The lowest BCUT2D eigenvalue weighted by molar-refractivity contribution is -0.128. The maximum absolute atomic E-state index is 12.2. The van der Waals surface area contributed by atoms with Crippen molar-refractivity contribution < 1.29 is 14.3 Å². The van der Waals surface area contributed by atoms with E-state index < -0.39 is 0 Å². The summed E-state index contributed by atoms with van der Waals surface area (Å²) >= 11 is 1.64. The molecule has 0 aliphatic heterocycles. The van der Waals surface area contributed by atoms with Gasteiger partial charge in [0.25, 0.3) is 0 Å². The Kier molecular flexibility index (Phi) is 7.47. The molecule has 5 nitrogen and oxygen atoms in total. The van der Waals surface area contributed by atoms with E-state index in [2.05, 4.69) is 5.32 Å². The fourth-order valence-electron chi connectivity index (χ4n) is 2.15. The van der Waals surface area contributed by atoms with Gasteiger partial charge in [-0.15, -0.1) is 11.3 Å². The third kappa shape index (κ3) is 6.23. The van der Waals surface area contributed by atoms with Crippen LogP contribution in [0.15, 0.2) is 41.8 Å². The SMILES string of the molecule is CCCCOC(=O)c1ccc(NCC(=O)N(C)Cc2cccs2)cc1. The van der Waals surface area contributed by atoms with Crippen LogP contribution in [0, 0.1) is 0 Å². The van der Waals surface area contributed by atoms with Gasteiger partial charge in [0.15, 0.2) is 0 Å². The average molecular weight is 360 g/mol. The zero-order valence-corrected chi connectivity index (χ0v) is 15.5. The molecule has 0 aliphatic carbocycles. The lowest BCUT2D eigenvalue weighted by Gasteiger charge is -2.17. The predicted molar refractivity (Wildman–Crippen MR) is 101 cm³/mol. The van der Waals surface area contributed by atoms with Crippen molar-refractivity contribution in [3.63, 3.8) is 0 Å². The predicted octanol–water partition coefficient (Wildman–Crippen LogP) is 3.78. The van der Waals surface area contributed by atoms with Crippen LogP contribution in [0.4, 0.5) is 5.69 Å². The Morgan fingerprint density at radius 2 is 1.96 bits per heavy atom. The number of nitrogens with one attached hydrogen (secondary N) is 1. The first-order valence-electron chi connectivity index (χ1n) is 8.37. The second-order valence-corrected chi connectivity index (χ2v) is 6.78. The van der Waals surface area contributed by atoms with Crippen molar-refractivity contribution in [3.8, 4) is 0 Å². The van der Waals surface area contributed by atoms with Crippen molar-refractivity contribution in [1.82, 2.24) is 4.90 Å². The summed E-state index contributed by atoms with van der Waals surface area (Å²) in [5.74, 6) is -0.303. The molecule has 1 aromatic carbocycles. The highest BCUT2D eigenvalue weighted by molar-refractivity contribution is 7.09. The molecule has 0 bridgehead atoms. The Bertz CT molecular complexity index is 668. The Hall–Kier alpha value is -2.34. The van der Waals surface area contributed by atoms with Crippen molar-refractivity contribution in [1.29, 1.82) is 0 Å². The first-order valence-corrected chi connectivity index (χ1v) is 9.25. The van der Waals surface area contributed by atoms with Crippen molar-refractivity contribution >= 4 is 28.9 Å². The molecule has 0 radical (unpaired) electrons. The summed E-state index contributed by atoms with van der Waals surface area (Å²) in [7, 11) is 1.79. The van der Waals surface area contributed by atoms with Crippen LogP contribution in [0.2, 0.25) is 0 Å². The van der Waals surface area contributed by atoms with Gasteiger partial charge in [-0.05, 0) is 42.1 Å². The highest BCUT2D eigenvalue weighted by Crippen LogP contribution is 2.12. The number of thiophene rings is 1. The Balaban J connectivity index is 1.78. The molecule has 0 fully saturated rings. The highest BCUT2D eigenvalue weighted by Gasteiger charge is 2.10. The van der Waals surface area contributed by atoms with E-state index in [1.54, 1.807) is 47.5 Å². The van der Waals surface area contributed by atoms with Gasteiger partial charge in [-0.2, -0.15) is 0 Å². The molecule has 2 aromatic rings. The molecule has 0 aliphatic rings. The van der Waals surface area contributed by atoms with Gasteiger partial charge in [0, 0.05) is 17.6 Å². The molecule has 1 heterocycles. The Morgan fingerprint density at radius 3 is 2.60 bits per heavy atom. The minimum Gasteiger partial charge on any atom is -0.462 e. The van der Waals surface area contributed by atoms with Crippen LogP contribution < -0.4 is 5.32 Å². The number of hydrogen-bond acceptors (Lipinski definition) is 5. The van der Waals surface area contributed by atoms with Gasteiger partial charge in [-0.1, -0.05) is 19.4 Å². The summed E-state index contributed by atoms with van der Waals surface area (Å²) < 4.78 is 5.17. The number of benzene rings is 1. The zero-order chi connectivity index (χ0) is 18.1. The van der Waals surface area contributed by atoms with E-state index >= 15 is 0 Å². The van der Waals surface area contributed by atoms with E-state index in [0.717, 1.165) is 23.4 Å². The highest BCUT2D eigenvalue weighted by atomic mass is 32.1. The molecule has 2 rings (SSSR count). The fourth-order valence-corrected chi connectivity index (χ4v) is 2.91. The Morgan fingerprint density at radius 1 is 1.20 bits per heavy atom. The normalized spacial score (nSPS) is 10.3. The maximum atomic E-state index is 12.2. The molecule has 1 amide bonds. The molecular formula is C19H24N2O3S. The summed E-state index contributed by atoms with van der Waals surface area (Å²) in [5.41, 5.74) is 1.31. The second kappa shape index (κ2) is 9.84. The smallest absolute Gasteiger partial charge is 0.338 e. The number of carbonyl (C=O) groups is 2. The first-order chi connectivity index (χ1) is 12.1. The third-order valence-electron chi connectivity index (χ3n) is 3.69. The number of esters is 1. The molecule has 25 heavy (non-hydrogen) atoms. The third-order valence-corrected chi connectivity index (χ3v) is 4.56. The van der Waals surface area contributed by atoms with E-state index in [-0.39, 0.29) is 18.4 Å². The minimum atomic E-state index is -0.313. The molecule has 134 valence electrons. The van der Waals surface area contributed by atoms with Gasteiger partial charge in [0.1, 0.15) is 0 Å². The number of hydrogen-bond donors (Lipinski definition) is 1. The molecular weight excluding hydrogens is 336 g/mol. The van der Waals surface area contributed by atoms with E-state index in [9.17, 15) is 9.59 Å². The maximum Gasteiger partial charge on any atom is 0.338 e. The standard InChI is InChI=1S/C19H24N2O3S/c1-3-4-11-24-19(23)15-7-9-16(10-8-15)20-13-18(22)21(2)14-17-6-5-12-25-17/h5-10,12,20H,3-4,11,13-14H2,1-2H3. The molecule has 1 N–H and O–H groups in total. The van der Waals surface area contributed by atoms with Crippen molar-refractivity contribution in [2.75, 3.05) is 25.5 Å². The monoisotopic (exact) mass is 360 g/mol. The average Bonchev–Trinajstić information content (AvgIpc) is 3.13. The quantitative estimate of drug-likeness (QED) is 0.546. The second-order valence-electron chi connectivity index (χ2n) is 5.75. The summed E-state index contributed by atoms with van der Waals surface area (Å²) in [6.07, 6.45) is 1.86. The number of amides is 1. The summed E-state index contributed by atoms with van der Waals surface area (Å²) in [6.45, 7) is 3.32. The molecule has 6 heteroatoms. The van der Waals surface area contributed by atoms with Crippen molar-refractivity contribution in [2.45, 2.75) is 26.3 Å². The van der Waals surface area contributed by atoms with Crippen molar-refractivity contribution in [3.05, 3.63) is 52.2 Å². The number of carbonyl (C=O) groups excluding carboxylic acids is 2. The van der Waals surface area contributed by atoms with E-state index in [4.69, 9.17) is 4.74 Å². The van der Waals surface area contributed by atoms with Crippen LogP contribution in [0.25, 0.3) is 0 Å². The minimum absolute atomic E-state index is 0.0106. The topological polar surface area (TPSA) is 58.6 Å². The lowest BCUT2D eigenvalue weighted by atomic mass is 10.2. The lowest BCUT2D eigenvalue weighted by Crippen LogP contribution is -2.31. The van der Waals surface area contributed by atoms with Crippen LogP contribution in [-0.4, -0.2) is 37.0 Å². The molecule has 0 saturated carbocycles. The molecule has 0 unspecified atom stereocenters. The molecule has 0 saturated heterocycles. The summed E-state index contributed by atoms with van der Waals surface area (Å²) in [4.78, 5) is 26.8. The number of rotatable bonds is 9. The number of nitrogens with zero attached hydrogens (tertiary/aromatic N) is 1. The van der Waals surface area contributed by atoms with E-state index in [0.29, 0.717) is 18.7 Å². The number of ether oxygens (including phenoxy) is 1. The zero-order valence-electron chi connectivity index (χ0n) is 14.7. The van der Waals surface area contributed by atoms with Gasteiger partial charge in [-0.3, -0.25) is 4.79 Å². The Labute approximate surface area is 152 Å². The first kappa shape index (κ1) is 19.0. The fraction of sp³-hybridized carbons (Fsp3) is 0.368. The van der Waals surface area contributed by atoms with Gasteiger partial charge in [0.2, 0.25) is 5.91 Å². The molecule has 0 spiro atoms. The number of anilines is 1. The summed E-state index contributed by atoms with van der Waals surface area (Å²) in [6, 6.07) is 11.0. The largest absolute Gasteiger partial charge is 0.462 e. The van der Waals surface area contributed by atoms with Crippen molar-refractivity contribution in [2.24, 2.45) is 0 Å². The van der Waals surface area contributed by atoms with Gasteiger partial charge in [0.05, 0.1) is 25.3 Å². The number of unbranched alkanes of at least 4 members (excludes halogenated alkanes) is 1. The van der Waals surface area contributed by atoms with Gasteiger partial charge >= 0.3 is 5.97 Å².